The van der Waals surface area contributed by atoms with Gasteiger partial charge in [0, 0.05) is 24.3 Å². The number of carbonyl (C=O) groups excluding carboxylic acids is 1. The molecule has 0 N–H and O–H groups in total. The van der Waals surface area contributed by atoms with Gasteiger partial charge in [0.1, 0.15) is 0 Å². The topological polar surface area (TPSA) is 44.8 Å². The fraction of sp³-hybridized carbons (Fsp3) is 0.769. The van der Waals surface area contributed by atoms with Crippen molar-refractivity contribution in [2.24, 2.45) is 11.8 Å². The number of ether oxygens (including phenoxy) is 3. The average molecular weight is 238 g/mol. The Labute approximate surface area is 101 Å². The van der Waals surface area contributed by atoms with Gasteiger partial charge in [-0.2, -0.15) is 0 Å². The summed E-state index contributed by atoms with van der Waals surface area (Å²) in [7, 11) is 0. The lowest BCUT2D eigenvalue weighted by Crippen LogP contribution is -2.36. The largest absolute Gasteiger partial charge is 0.462 e. The van der Waals surface area contributed by atoms with E-state index in [4.69, 9.17) is 14.2 Å². The van der Waals surface area contributed by atoms with Crippen molar-refractivity contribution < 1.29 is 19.0 Å². The Hall–Kier alpha value is -0.870. The van der Waals surface area contributed by atoms with Crippen LogP contribution < -0.4 is 0 Å². The van der Waals surface area contributed by atoms with Crippen molar-refractivity contribution in [2.75, 3.05) is 19.8 Å². The number of rotatable bonds is 0. The molecule has 4 heteroatoms. The average Bonchev–Trinajstić information content (AvgIpc) is 2.84. The number of allylic oxidation sites excluding steroid dienone is 1. The number of hydrogen-bond acceptors (Lipinski definition) is 4. The fourth-order valence-corrected chi connectivity index (χ4v) is 3.07. The molecule has 0 saturated carbocycles. The van der Waals surface area contributed by atoms with Gasteiger partial charge in [0.15, 0.2) is 5.79 Å². The van der Waals surface area contributed by atoms with Crippen LogP contribution in [0.2, 0.25) is 0 Å². The predicted octanol–water partition coefficient (Wildman–Crippen LogP) is 1.65. The maximum atomic E-state index is 11.6. The highest BCUT2D eigenvalue weighted by atomic mass is 16.7. The van der Waals surface area contributed by atoms with Crippen LogP contribution in [0.25, 0.3) is 0 Å². The summed E-state index contributed by atoms with van der Waals surface area (Å²) in [4.78, 5) is 11.6. The molecule has 0 aromatic heterocycles. The number of carbonyl (C=O) groups is 1. The molecule has 0 bridgehead atoms. The summed E-state index contributed by atoms with van der Waals surface area (Å²) in [6, 6.07) is 0. The van der Waals surface area contributed by atoms with E-state index < -0.39 is 5.79 Å². The van der Waals surface area contributed by atoms with E-state index in [0.717, 1.165) is 24.8 Å². The first-order valence-electron chi connectivity index (χ1n) is 6.34. The highest BCUT2D eigenvalue weighted by molar-refractivity contribution is 5.91. The summed E-state index contributed by atoms with van der Waals surface area (Å²) in [5.41, 5.74) is 0.829. The van der Waals surface area contributed by atoms with Crippen molar-refractivity contribution >= 4 is 5.97 Å². The summed E-state index contributed by atoms with van der Waals surface area (Å²) < 4.78 is 16.8. The van der Waals surface area contributed by atoms with E-state index in [2.05, 4.69) is 6.92 Å². The lowest BCUT2D eigenvalue weighted by molar-refractivity contribution is -0.180. The monoisotopic (exact) mass is 238 g/mol. The van der Waals surface area contributed by atoms with E-state index in [9.17, 15) is 4.79 Å². The van der Waals surface area contributed by atoms with Crippen LogP contribution in [0, 0.1) is 11.8 Å². The Morgan fingerprint density at radius 1 is 1.29 bits per heavy atom. The van der Waals surface area contributed by atoms with Crippen LogP contribution in [0.3, 0.4) is 0 Å². The first-order chi connectivity index (χ1) is 8.19. The maximum absolute atomic E-state index is 11.6. The summed E-state index contributed by atoms with van der Waals surface area (Å²) in [5.74, 6) is -0.0160. The molecule has 0 aromatic carbocycles. The minimum Gasteiger partial charge on any atom is -0.462 e. The number of hydrogen-bond donors (Lipinski definition) is 0. The molecule has 94 valence electrons. The molecule has 4 nitrogen and oxygen atoms in total. The summed E-state index contributed by atoms with van der Waals surface area (Å²) in [6.07, 6.45) is 4.60. The zero-order valence-corrected chi connectivity index (χ0v) is 10.1. The number of esters is 1. The van der Waals surface area contributed by atoms with Gasteiger partial charge < -0.3 is 14.2 Å². The molecule has 3 aliphatic rings. The van der Waals surface area contributed by atoms with Gasteiger partial charge in [-0.1, -0.05) is 13.0 Å². The van der Waals surface area contributed by atoms with E-state index in [0.29, 0.717) is 25.7 Å². The van der Waals surface area contributed by atoms with Gasteiger partial charge in [0.25, 0.3) is 0 Å². The zero-order valence-electron chi connectivity index (χ0n) is 10.1. The molecule has 2 heterocycles. The summed E-state index contributed by atoms with van der Waals surface area (Å²) in [5, 5.41) is 0. The van der Waals surface area contributed by atoms with E-state index >= 15 is 0 Å². The maximum Gasteiger partial charge on any atom is 0.334 e. The molecule has 2 atom stereocenters. The van der Waals surface area contributed by atoms with Gasteiger partial charge in [-0.15, -0.1) is 0 Å². The lowest BCUT2D eigenvalue weighted by Gasteiger charge is -2.33. The number of fused-ring (bicyclic) bond motifs is 1. The molecule has 17 heavy (non-hydrogen) atoms. The second kappa shape index (κ2) is 4.10. The third kappa shape index (κ3) is 2.00. The Morgan fingerprint density at radius 3 is 2.82 bits per heavy atom. The van der Waals surface area contributed by atoms with E-state index in [1.807, 2.05) is 6.08 Å². The molecular formula is C13H18O4. The van der Waals surface area contributed by atoms with Crippen molar-refractivity contribution in [1.82, 2.24) is 0 Å². The Kier molecular flexibility index (Phi) is 2.71. The third-order valence-electron chi connectivity index (χ3n) is 3.86. The molecule has 0 radical (unpaired) electrons. The molecule has 0 amide bonds. The zero-order chi connectivity index (χ0) is 11.9. The molecule has 1 spiro atoms. The van der Waals surface area contributed by atoms with Crippen LogP contribution in [-0.4, -0.2) is 31.6 Å². The highest BCUT2D eigenvalue weighted by Gasteiger charge is 2.45. The Bertz CT molecular complexity index is 354. The normalized spacial score (nSPS) is 39.1. The SMILES string of the molecule is C[C@H]1C/C=C2/C(=O)OC[C@@H]2CC2(C1)OCCO2. The third-order valence-corrected chi connectivity index (χ3v) is 3.86. The van der Waals surface area contributed by atoms with E-state index in [1.165, 1.54) is 0 Å². The number of cyclic esters (lactones) is 1. The van der Waals surface area contributed by atoms with Gasteiger partial charge in [-0.05, 0) is 12.3 Å². The second-order valence-corrected chi connectivity index (χ2v) is 5.31. The molecule has 1 aliphatic carbocycles. The van der Waals surface area contributed by atoms with Crippen LogP contribution in [0.5, 0.6) is 0 Å². The standard InChI is InChI=1S/C13H18O4/c1-9-2-3-11-10(8-15-12(11)14)7-13(6-9)16-4-5-17-13/h3,9-10H,2,4-8H2,1H3/b11-3+/t9-,10-/m0/s1. The van der Waals surface area contributed by atoms with Crippen molar-refractivity contribution in [3.63, 3.8) is 0 Å². The van der Waals surface area contributed by atoms with Crippen LogP contribution in [-0.2, 0) is 19.0 Å². The first kappa shape index (κ1) is 11.2. The van der Waals surface area contributed by atoms with Gasteiger partial charge in [0.05, 0.1) is 19.8 Å². The molecule has 3 rings (SSSR count). The van der Waals surface area contributed by atoms with Crippen molar-refractivity contribution in [3.05, 3.63) is 11.6 Å². The van der Waals surface area contributed by atoms with Crippen LogP contribution in [0.1, 0.15) is 26.2 Å². The molecule has 2 fully saturated rings. The second-order valence-electron chi connectivity index (χ2n) is 5.31. The lowest BCUT2D eigenvalue weighted by atomic mass is 9.84. The van der Waals surface area contributed by atoms with Gasteiger partial charge in [-0.25, -0.2) is 4.79 Å². The molecule has 0 unspecified atom stereocenters. The summed E-state index contributed by atoms with van der Waals surface area (Å²) >= 11 is 0. The van der Waals surface area contributed by atoms with Gasteiger partial charge in [-0.3, -0.25) is 0 Å². The minimum atomic E-state index is -0.475. The van der Waals surface area contributed by atoms with Gasteiger partial charge >= 0.3 is 5.97 Å². The summed E-state index contributed by atoms with van der Waals surface area (Å²) in [6.45, 7) is 3.97. The fourth-order valence-electron chi connectivity index (χ4n) is 3.07. The first-order valence-corrected chi connectivity index (χ1v) is 6.34. The molecule has 0 aromatic rings. The van der Waals surface area contributed by atoms with Crippen molar-refractivity contribution in [2.45, 2.75) is 32.0 Å². The highest BCUT2D eigenvalue weighted by Crippen LogP contribution is 2.40. The van der Waals surface area contributed by atoms with Crippen LogP contribution in [0.4, 0.5) is 0 Å². The van der Waals surface area contributed by atoms with Crippen LogP contribution >= 0.6 is 0 Å². The Balaban J connectivity index is 1.88. The quantitative estimate of drug-likeness (QED) is 0.602. The van der Waals surface area contributed by atoms with Crippen molar-refractivity contribution in [3.8, 4) is 0 Å². The van der Waals surface area contributed by atoms with Gasteiger partial charge in [0.2, 0.25) is 0 Å². The minimum absolute atomic E-state index is 0.146. The Morgan fingerprint density at radius 2 is 2.06 bits per heavy atom. The molecule has 2 aliphatic heterocycles. The van der Waals surface area contributed by atoms with E-state index in [-0.39, 0.29) is 11.9 Å². The van der Waals surface area contributed by atoms with Crippen LogP contribution in [0.15, 0.2) is 11.6 Å². The molecule has 2 saturated heterocycles. The predicted molar refractivity (Wildman–Crippen MR) is 60.2 cm³/mol. The van der Waals surface area contributed by atoms with E-state index in [1.54, 1.807) is 0 Å². The van der Waals surface area contributed by atoms with Crippen molar-refractivity contribution in [1.29, 1.82) is 0 Å². The molecular weight excluding hydrogens is 220 g/mol. The smallest absolute Gasteiger partial charge is 0.334 e.